The Morgan fingerprint density at radius 2 is 1.85 bits per heavy atom. The van der Waals surface area contributed by atoms with E-state index in [1.54, 1.807) is 9.80 Å². The van der Waals surface area contributed by atoms with Crippen molar-refractivity contribution >= 4 is 23.9 Å². The van der Waals surface area contributed by atoms with Gasteiger partial charge in [0.2, 0.25) is 18.2 Å². The van der Waals surface area contributed by atoms with Gasteiger partial charge < -0.3 is 15.1 Å². The molecule has 0 aromatic heterocycles. The topological polar surface area (TPSA) is 69.7 Å². The normalized spacial score (nSPS) is 22.3. The van der Waals surface area contributed by atoms with E-state index < -0.39 is 0 Å². The number of hydrogen-bond donors (Lipinski definition) is 1. The second-order valence-electron chi connectivity index (χ2n) is 7.60. The van der Waals surface area contributed by atoms with E-state index in [2.05, 4.69) is 19.2 Å². The number of carbonyl (C=O) groups is 3. The number of rotatable bonds is 5. The first kappa shape index (κ1) is 18.4. The average Bonchev–Trinajstić information content (AvgIpc) is 3.43. The van der Waals surface area contributed by atoms with Gasteiger partial charge in [-0.3, -0.25) is 14.4 Å². The van der Waals surface area contributed by atoms with Crippen molar-refractivity contribution in [1.82, 2.24) is 9.80 Å². The Morgan fingerprint density at radius 3 is 2.46 bits per heavy atom. The predicted octanol–water partition coefficient (Wildman–Crippen LogP) is 1.99. The second-order valence-corrected chi connectivity index (χ2v) is 7.60. The number of carbonyl (C=O) groups excluding carboxylic acids is 3. The Morgan fingerprint density at radius 1 is 1.15 bits per heavy atom. The number of amides is 3. The van der Waals surface area contributed by atoms with Crippen LogP contribution in [0.2, 0.25) is 0 Å². The second kappa shape index (κ2) is 7.48. The molecule has 1 aromatic carbocycles. The predicted molar refractivity (Wildman–Crippen MR) is 99.7 cm³/mol. The molecule has 1 aliphatic heterocycles. The van der Waals surface area contributed by atoms with Crippen molar-refractivity contribution in [3.05, 3.63) is 29.3 Å². The smallest absolute Gasteiger partial charge is 0.228 e. The van der Waals surface area contributed by atoms with Crippen molar-refractivity contribution in [3.63, 3.8) is 0 Å². The van der Waals surface area contributed by atoms with Gasteiger partial charge in [0, 0.05) is 31.9 Å². The first-order valence-corrected chi connectivity index (χ1v) is 9.31. The summed E-state index contributed by atoms with van der Waals surface area (Å²) < 4.78 is 0. The number of anilines is 1. The summed E-state index contributed by atoms with van der Waals surface area (Å²) in [6, 6.07) is 6.03. The van der Waals surface area contributed by atoms with Crippen LogP contribution < -0.4 is 5.32 Å². The Kier molecular flexibility index (Phi) is 5.30. The van der Waals surface area contributed by atoms with Gasteiger partial charge in [-0.2, -0.15) is 0 Å². The molecule has 0 spiro atoms. The zero-order chi connectivity index (χ0) is 18.8. The molecule has 3 rings (SSSR count). The van der Waals surface area contributed by atoms with Gasteiger partial charge in [0.05, 0.1) is 11.8 Å². The Labute approximate surface area is 154 Å². The lowest BCUT2D eigenvalue weighted by atomic mass is 9.98. The van der Waals surface area contributed by atoms with E-state index in [1.165, 1.54) is 0 Å². The minimum absolute atomic E-state index is 0.0459. The monoisotopic (exact) mass is 357 g/mol. The molecular formula is C20H27N3O3. The maximum Gasteiger partial charge on any atom is 0.228 e. The van der Waals surface area contributed by atoms with Crippen LogP contribution in [0.3, 0.4) is 0 Å². The van der Waals surface area contributed by atoms with Crippen LogP contribution in [0, 0.1) is 18.8 Å². The third-order valence-electron chi connectivity index (χ3n) is 5.39. The lowest BCUT2D eigenvalue weighted by Gasteiger charge is -2.32. The molecule has 2 aliphatic rings. The van der Waals surface area contributed by atoms with Gasteiger partial charge in [-0.05, 0) is 30.4 Å². The number of para-hydroxylation sites is 1. The molecule has 1 saturated heterocycles. The lowest BCUT2D eigenvalue weighted by molar-refractivity contribution is -0.137. The summed E-state index contributed by atoms with van der Waals surface area (Å²) in [6.45, 7) is 8.44. The molecule has 6 heteroatoms. The standard InChI is InChI=1S/C20H27N3O3/c1-13(2)15-6-4-5-14(3)18(15)21-19(25)16-11-17(16)20(26)23-9-7-22(12-24)8-10-23/h4-6,12-13,16-17H,7-11H2,1-3H3,(H,21,25). The Bertz CT molecular complexity index is 708. The third-order valence-corrected chi connectivity index (χ3v) is 5.39. The molecule has 0 bridgehead atoms. The molecule has 1 saturated carbocycles. The largest absolute Gasteiger partial charge is 0.342 e. The molecule has 2 atom stereocenters. The number of nitrogens with zero attached hydrogens (tertiary/aromatic N) is 2. The molecule has 1 heterocycles. The maximum atomic E-state index is 12.7. The van der Waals surface area contributed by atoms with Gasteiger partial charge >= 0.3 is 0 Å². The van der Waals surface area contributed by atoms with E-state index in [-0.39, 0.29) is 23.7 Å². The van der Waals surface area contributed by atoms with Gasteiger partial charge in [-0.25, -0.2) is 0 Å². The van der Waals surface area contributed by atoms with Crippen molar-refractivity contribution in [2.45, 2.75) is 33.1 Å². The zero-order valence-electron chi connectivity index (χ0n) is 15.7. The van der Waals surface area contributed by atoms with Gasteiger partial charge in [-0.15, -0.1) is 0 Å². The highest BCUT2D eigenvalue weighted by atomic mass is 16.2. The van der Waals surface area contributed by atoms with E-state index in [9.17, 15) is 14.4 Å². The van der Waals surface area contributed by atoms with Crippen LogP contribution in [-0.4, -0.2) is 54.2 Å². The molecule has 1 N–H and O–H groups in total. The van der Waals surface area contributed by atoms with Crippen molar-refractivity contribution in [2.24, 2.45) is 11.8 Å². The van der Waals surface area contributed by atoms with Crippen LogP contribution in [0.4, 0.5) is 5.69 Å². The Balaban J connectivity index is 1.60. The summed E-state index contributed by atoms with van der Waals surface area (Å²) in [7, 11) is 0. The molecule has 26 heavy (non-hydrogen) atoms. The first-order valence-electron chi connectivity index (χ1n) is 9.31. The summed E-state index contributed by atoms with van der Waals surface area (Å²) in [5.74, 6) is -0.165. The van der Waals surface area contributed by atoms with Gasteiger partial charge in [-0.1, -0.05) is 32.0 Å². The van der Waals surface area contributed by atoms with E-state index >= 15 is 0 Å². The van der Waals surface area contributed by atoms with Crippen molar-refractivity contribution in [2.75, 3.05) is 31.5 Å². The maximum absolute atomic E-state index is 12.7. The molecule has 1 aromatic rings. The molecule has 3 amide bonds. The SMILES string of the molecule is Cc1cccc(C(C)C)c1NC(=O)C1CC1C(=O)N1CCN(C=O)CC1. The molecule has 140 valence electrons. The summed E-state index contributed by atoms with van der Waals surface area (Å²) in [6.07, 6.45) is 1.44. The number of benzene rings is 1. The van der Waals surface area contributed by atoms with E-state index in [0.29, 0.717) is 38.5 Å². The molecular weight excluding hydrogens is 330 g/mol. The summed E-state index contributed by atoms with van der Waals surface area (Å²) >= 11 is 0. The third kappa shape index (κ3) is 3.74. The summed E-state index contributed by atoms with van der Waals surface area (Å²) in [4.78, 5) is 39.5. The van der Waals surface area contributed by atoms with Crippen LogP contribution in [0.1, 0.15) is 37.3 Å². The van der Waals surface area contributed by atoms with Gasteiger partial charge in [0.25, 0.3) is 0 Å². The van der Waals surface area contributed by atoms with Crippen LogP contribution in [-0.2, 0) is 14.4 Å². The van der Waals surface area contributed by atoms with E-state index in [0.717, 1.165) is 23.2 Å². The molecule has 1 aliphatic carbocycles. The van der Waals surface area contributed by atoms with Gasteiger partial charge in [0.1, 0.15) is 0 Å². The first-order chi connectivity index (χ1) is 12.4. The molecule has 2 fully saturated rings. The van der Waals surface area contributed by atoms with Crippen molar-refractivity contribution in [3.8, 4) is 0 Å². The summed E-state index contributed by atoms with van der Waals surface area (Å²) in [5, 5.41) is 3.06. The lowest BCUT2D eigenvalue weighted by Crippen LogP contribution is -2.48. The average molecular weight is 357 g/mol. The highest BCUT2D eigenvalue weighted by Crippen LogP contribution is 2.41. The van der Waals surface area contributed by atoms with Crippen molar-refractivity contribution < 1.29 is 14.4 Å². The fourth-order valence-electron chi connectivity index (χ4n) is 3.60. The minimum atomic E-state index is -0.244. The molecule has 6 nitrogen and oxygen atoms in total. The van der Waals surface area contributed by atoms with Crippen LogP contribution in [0.5, 0.6) is 0 Å². The number of nitrogens with one attached hydrogen (secondary N) is 1. The number of hydrogen-bond acceptors (Lipinski definition) is 3. The highest BCUT2D eigenvalue weighted by Gasteiger charge is 2.49. The van der Waals surface area contributed by atoms with Crippen molar-refractivity contribution in [1.29, 1.82) is 0 Å². The highest BCUT2D eigenvalue weighted by molar-refractivity contribution is 6.00. The zero-order valence-corrected chi connectivity index (χ0v) is 15.7. The number of aryl methyl sites for hydroxylation is 1. The fraction of sp³-hybridized carbons (Fsp3) is 0.550. The van der Waals surface area contributed by atoms with Gasteiger partial charge in [0.15, 0.2) is 0 Å². The molecule has 0 radical (unpaired) electrons. The van der Waals surface area contributed by atoms with Crippen LogP contribution in [0.15, 0.2) is 18.2 Å². The van der Waals surface area contributed by atoms with E-state index in [4.69, 9.17) is 0 Å². The molecule has 2 unspecified atom stereocenters. The minimum Gasteiger partial charge on any atom is -0.342 e. The summed E-state index contributed by atoms with van der Waals surface area (Å²) in [5.41, 5.74) is 3.04. The van der Waals surface area contributed by atoms with Crippen LogP contribution in [0.25, 0.3) is 0 Å². The van der Waals surface area contributed by atoms with E-state index in [1.807, 2.05) is 25.1 Å². The quantitative estimate of drug-likeness (QED) is 0.820. The van der Waals surface area contributed by atoms with Crippen LogP contribution >= 0.6 is 0 Å². The fourth-order valence-corrected chi connectivity index (χ4v) is 3.60. The Hall–Kier alpha value is -2.37. The number of piperazine rings is 1.